The van der Waals surface area contributed by atoms with E-state index in [0.29, 0.717) is 17.5 Å². The summed E-state index contributed by atoms with van der Waals surface area (Å²) < 4.78 is 1.55. The van der Waals surface area contributed by atoms with Gasteiger partial charge >= 0.3 is 0 Å². The van der Waals surface area contributed by atoms with Crippen LogP contribution in [0.25, 0.3) is 5.69 Å². The molecule has 2 aromatic rings. The fraction of sp³-hybridized carbons (Fsp3) is 0.571. The molecular weight excluding hydrogens is 368 g/mol. The molecule has 152 valence electrons. The normalized spacial score (nSPS) is 25.5. The van der Waals surface area contributed by atoms with Crippen LogP contribution >= 0.6 is 0 Å². The topological polar surface area (TPSA) is 93.0 Å². The molecule has 2 amide bonds. The lowest BCUT2D eigenvalue weighted by molar-refractivity contribution is -0.137. The summed E-state index contributed by atoms with van der Waals surface area (Å²) >= 11 is 0. The zero-order chi connectivity index (χ0) is 20.0. The lowest BCUT2D eigenvalue weighted by Gasteiger charge is -2.53. The second-order valence-corrected chi connectivity index (χ2v) is 9.01. The molecule has 1 aromatic carbocycles. The van der Waals surface area contributed by atoms with Gasteiger partial charge in [0.1, 0.15) is 6.33 Å². The van der Waals surface area contributed by atoms with Crippen LogP contribution < -0.4 is 5.32 Å². The molecule has 1 aromatic heterocycles. The van der Waals surface area contributed by atoms with Crippen molar-refractivity contribution in [1.29, 1.82) is 0 Å². The molecule has 5 rings (SSSR count). The van der Waals surface area contributed by atoms with Crippen molar-refractivity contribution in [2.45, 2.75) is 57.5 Å². The summed E-state index contributed by atoms with van der Waals surface area (Å²) in [4.78, 5) is 27.4. The predicted octanol–water partition coefficient (Wildman–Crippen LogP) is 1.96. The monoisotopic (exact) mass is 394 g/mol. The van der Waals surface area contributed by atoms with E-state index in [4.69, 9.17) is 0 Å². The third-order valence-corrected chi connectivity index (χ3v) is 7.05. The van der Waals surface area contributed by atoms with E-state index in [1.54, 1.807) is 16.8 Å². The zero-order valence-corrected chi connectivity index (χ0v) is 16.6. The standard InChI is InChI=1S/C21H26N6O2/c1-14-9-17(23-19(28)16-10-21(11-16)7-2-8-21)12-26(14)20(29)15-3-5-18(6-4-15)27-13-22-24-25-27/h3-6,13-14,16-17H,2,7-12H2,1H3,(H,23,28). The van der Waals surface area contributed by atoms with Gasteiger partial charge in [0, 0.05) is 30.1 Å². The number of aromatic nitrogens is 4. The summed E-state index contributed by atoms with van der Waals surface area (Å²) in [6.45, 7) is 2.62. The number of nitrogens with zero attached hydrogens (tertiary/aromatic N) is 5. The molecule has 1 spiro atoms. The summed E-state index contributed by atoms with van der Waals surface area (Å²) in [5.74, 6) is 0.351. The Labute approximate surface area is 169 Å². The van der Waals surface area contributed by atoms with E-state index in [-0.39, 0.29) is 29.8 Å². The van der Waals surface area contributed by atoms with Gasteiger partial charge in [0.25, 0.3) is 5.91 Å². The minimum atomic E-state index is -0.00502. The van der Waals surface area contributed by atoms with Gasteiger partial charge in [-0.2, -0.15) is 0 Å². The van der Waals surface area contributed by atoms with E-state index in [1.807, 2.05) is 24.0 Å². The Hall–Kier alpha value is -2.77. The quantitative estimate of drug-likeness (QED) is 0.856. The van der Waals surface area contributed by atoms with Gasteiger partial charge in [-0.15, -0.1) is 5.10 Å². The van der Waals surface area contributed by atoms with Gasteiger partial charge in [-0.3, -0.25) is 9.59 Å². The molecule has 1 saturated heterocycles. The van der Waals surface area contributed by atoms with Gasteiger partial charge in [0.2, 0.25) is 5.91 Å². The third-order valence-electron chi connectivity index (χ3n) is 7.05. The summed E-state index contributed by atoms with van der Waals surface area (Å²) in [6.07, 6.45) is 8.34. The van der Waals surface area contributed by atoms with Gasteiger partial charge in [-0.25, -0.2) is 4.68 Å². The maximum absolute atomic E-state index is 13.0. The van der Waals surface area contributed by atoms with Gasteiger partial charge in [0.15, 0.2) is 0 Å². The van der Waals surface area contributed by atoms with Crippen molar-refractivity contribution in [3.63, 3.8) is 0 Å². The molecule has 8 heteroatoms. The van der Waals surface area contributed by atoms with Crippen LogP contribution in [0.3, 0.4) is 0 Å². The number of benzene rings is 1. The van der Waals surface area contributed by atoms with Crippen LogP contribution in [0.5, 0.6) is 0 Å². The van der Waals surface area contributed by atoms with Crippen molar-refractivity contribution in [3.05, 3.63) is 36.2 Å². The summed E-state index contributed by atoms with van der Waals surface area (Å²) in [5.41, 5.74) is 1.93. The highest BCUT2D eigenvalue weighted by Gasteiger charge is 2.50. The summed E-state index contributed by atoms with van der Waals surface area (Å²) in [7, 11) is 0. The maximum atomic E-state index is 13.0. The number of likely N-dealkylation sites (tertiary alicyclic amines) is 1. The number of carbonyl (C=O) groups is 2. The molecule has 3 fully saturated rings. The number of nitrogens with one attached hydrogen (secondary N) is 1. The van der Waals surface area contributed by atoms with Crippen molar-refractivity contribution >= 4 is 11.8 Å². The van der Waals surface area contributed by atoms with Gasteiger partial charge in [-0.05, 0) is 79.1 Å². The van der Waals surface area contributed by atoms with Crippen molar-refractivity contribution in [1.82, 2.24) is 30.4 Å². The SMILES string of the molecule is CC1CC(NC(=O)C2CC3(CCC3)C2)CN1C(=O)c1ccc(-n2cnnn2)cc1. The van der Waals surface area contributed by atoms with E-state index in [1.165, 1.54) is 25.6 Å². The second kappa shape index (κ2) is 6.93. The highest BCUT2D eigenvalue weighted by atomic mass is 16.2. The molecule has 2 unspecified atom stereocenters. The number of amides is 2. The Kier molecular flexibility index (Phi) is 4.37. The molecule has 2 saturated carbocycles. The van der Waals surface area contributed by atoms with E-state index < -0.39 is 0 Å². The smallest absolute Gasteiger partial charge is 0.254 e. The van der Waals surface area contributed by atoms with E-state index in [2.05, 4.69) is 20.8 Å². The van der Waals surface area contributed by atoms with E-state index in [9.17, 15) is 9.59 Å². The molecule has 2 atom stereocenters. The minimum absolute atomic E-state index is 0.00502. The van der Waals surface area contributed by atoms with E-state index in [0.717, 1.165) is 24.9 Å². The van der Waals surface area contributed by atoms with Crippen LogP contribution in [0.4, 0.5) is 0 Å². The molecule has 3 aliphatic rings. The Morgan fingerprint density at radius 2 is 1.93 bits per heavy atom. The number of hydrogen-bond acceptors (Lipinski definition) is 5. The fourth-order valence-corrected chi connectivity index (χ4v) is 5.20. The molecule has 1 aliphatic heterocycles. The second-order valence-electron chi connectivity index (χ2n) is 9.01. The van der Waals surface area contributed by atoms with Gasteiger partial charge in [0.05, 0.1) is 5.69 Å². The lowest BCUT2D eigenvalue weighted by atomic mass is 9.51. The third kappa shape index (κ3) is 3.30. The first-order chi connectivity index (χ1) is 14.0. The number of rotatable bonds is 4. The molecule has 29 heavy (non-hydrogen) atoms. The molecule has 8 nitrogen and oxygen atoms in total. The van der Waals surface area contributed by atoms with Crippen LogP contribution in [0, 0.1) is 11.3 Å². The van der Waals surface area contributed by atoms with Crippen molar-refractivity contribution < 1.29 is 9.59 Å². The van der Waals surface area contributed by atoms with Crippen LogP contribution in [-0.2, 0) is 4.79 Å². The minimum Gasteiger partial charge on any atom is -0.351 e. The van der Waals surface area contributed by atoms with Crippen LogP contribution in [-0.4, -0.2) is 55.5 Å². The Bertz CT molecular complexity index is 898. The first-order valence-electron chi connectivity index (χ1n) is 10.5. The highest BCUT2D eigenvalue weighted by molar-refractivity contribution is 5.95. The highest BCUT2D eigenvalue weighted by Crippen LogP contribution is 2.58. The average molecular weight is 394 g/mol. The zero-order valence-electron chi connectivity index (χ0n) is 16.6. The van der Waals surface area contributed by atoms with Crippen LogP contribution in [0.2, 0.25) is 0 Å². The van der Waals surface area contributed by atoms with Crippen molar-refractivity contribution in [3.8, 4) is 5.69 Å². The lowest BCUT2D eigenvalue weighted by Crippen LogP contribution is -2.51. The molecule has 2 aliphatic carbocycles. The molecular formula is C21H26N6O2. The van der Waals surface area contributed by atoms with Gasteiger partial charge in [-0.1, -0.05) is 6.42 Å². The Balaban J connectivity index is 1.18. The summed E-state index contributed by atoms with van der Waals surface area (Å²) in [6, 6.07) is 7.40. The Morgan fingerprint density at radius 3 is 2.55 bits per heavy atom. The molecule has 2 heterocycles. The average Bonchev–Trinajstić information content (AvgIpc) is 3.29. The molecule has 1 N–H and O–H groups in total. The summed E-state index contributed by atoms with van der Waals surface area (Å²) in [5, 5.41) is 14.3. The maximum Gasteiger partial charge on any atom is 0.254 e. The van der Waals surface area contributed by atoms with Crippen molar-refractivity contribution in [2.75, 3.05) is 6.54 Å². The first-order valence-corrected chi connectivity index (χ1v) is 10.5. The molecule has 0 radical (unpaired) electrons. The van der Waals surface area contributed by atoms with Crippen LogP contribution in [0.15, 0.2) is 30.6 Å². The number of carbonyl (C=O) groups excluding carboxylic acids is 2. The number of hydrogen-bond donors (Lipinski definition) is 1. The Morgan fingerprint density at radius 1 is 1.17 bits per heavy atom. The van der Waals surface area contributed by atoms with E-state index >= 15 is 0 Å². The number of tetrazole rings is 1. The largest absolute Gasteiger partial charge is 0.351 e. The predicted molar refractivity (Wildman–Crippen MR) is 105 cm³/mol. The molecule has 0 bridgehead atoms. The fourth-order valence-electron chi connectivity index (χ4n) is 5.20. The van der Waals surface area contributed by atoms with Gasteiger partial charge < -0.3 is 10.2 Å². The van der Waals surface area contributed by atoms with Crippen LogP contribution in [0.1, 0.15) is 55.8 Å². The van der Waals surface area contributed by atoms with Crippen molar-refractivity contribution in [2.24, 2.45) is 11.3 Å². The first kappa shape index (κ1) is 18.3.